The van der Waals surface area contributed by atoms with Crippen molar-refractivity contribution in [2.75, 3.05) is 6.61 Å². The highest BCUT2D eigenvalue weighted by Gasteiger charge is 2.54. The van der Waals surface area contributed by atoms with E-state index in [9.17, 15) is 9.59 Å². The van der Waals surface area contributed by atoms with Crippen molar-refractivity contribution in [3.63, 3.8) is 0 Å². The molecule has 0 spiro atoms. The van der Waals surface area contributed by atoms with Gasteiger partial charge in [-0.2, -0.15) is 0 Å². The molecule has 3 heteroatoms. The van der Waals surface area contributed by atoms with Crippen molar-refractivity contribution >= 4 is 11.8 Å². The second kappa shape index (κ2) is 12.8. The maximum Gasteiger partial charge on any atom is 0.330 e. The van der Waals surface area contributed by atoms with E-state index in [1.165, 1.54) is 51.4 Å². The molecule has 0 aromatic rings. The van der Waals surface area contributed by atoms with Crippen molar-refractivity contribution in [2.45, 2.75) is 112 Å². The number of ether oxygens (including phenoxy) is 1. The maximum absolute atomic E-state index is 13.0. The Morgan fingerprint density at radius 3 is 2.61 bits per heavy atom. The zero-order valence-corrected chi connectivity index (χ0v) is 21.0. The lowest BCUT2D eigenvalue weighted by atomic mass is 9.58. The van der Waals surface area contributed by atoms with Crippen LogP contribution in [0.1, 0.15) is 112 Å². The van der Waals surface area contributed by atoms with E-state index in [4.69, 9.17) is 4.74 Å². The summed E-state index contributed by atoms with van der Waals surface area (Å²) in [7, 11) is 0. The molecule has 2 saturated carbocycles. The van der Waals surface area contributed by atoms with Crippen LogP contribution in [0.25, 0.3) is 0 Å². The van der Waals surface area contributed by atoms with E-state index < -0.39 is 0 Å². The van der Waals surface area contributed by atoms with Crippen molar-refractivity contribution in [2.24, 2.45) is 35.0 Å². The van der Waals surface area contributed by atoms with Crippen LogP contribution < -0.4 is 0 Å². The fraction of sp³-hybridized carbons (Fsp3) is 0.857. The van der Waals surface area contributed by atoms with E-state index in [0.717, 1.165) is 43.4 Å². The van der Waals surface area contributed by atoms with Crippen LogP contribution in [0.15, 0.2) is 12.2 Å². The second-order valence-corrected chi connectivity index (χ2v) is 11.1. The van der Waals surface area contributed by atoms with Gasteiger partial charge in [0.05, 0.1) is 6.61 Å². The van der Waals surface area contributed by atoms with Gasteiger partial charge < -0.3 is 4.74 Å². The third-order valence-corrected chi connectivity index (χ3v) is 8.17. The number of fused-ring (bicyclic) bond motifs is 1. The van der Waals surface area contributed by atoms with Gasteiger partial charge in [-0.05, 0) is 68.1 Å². The first-order valence-electron chi connectivity index (χ1n) is 13.1. The second-order valence-electron chi connectivity index (χ2n) is 11.1. The van der Waals surface area contributed by atoms with E-state index in [0.29, 0.717) is 24.2 Å². The van der Waals surface area contributed by atoms with Crippen molar-refractivity contribution in [1.82, 2.24) is 0 Å². The molecule has 5 atom stereocenters. The number of esters is 1. The molecule has 3 nitrogen and oxygen atoms in total. The normalized spacial score (nSPS) is 29.5. The summed E-state index contributed by atoms with van der Waals surface area (Å²) in [5.41, 5.74) is 0.236. The average Bonchev–Trinajstić information content (AvgIpc) is 3.04. The van der Waals surface area contributed by atoms with Gasteiger partial charge in [-0.15, -0.1) is 0 Å². The van der Waals surface area contributed by atoms with Crippen LogP contribution in [0.3, 0.4) is 0 Å². The van der Waals surface area contributed by atoms with Crippen LogP contribution >= 0.6 is 0 Å². The molecular formula is C28H48O3. The number of carbonyl (C=O) groups is 2. The summed E-state index contributed by atoms with van der Waals surface area (Å²) < 4.78 is 4.90. The smallest absolute Gasteiger partial charge is 0.330 e. The van der Waals surface area contributed by atoms with Crippen molar-refractivity contribution < 1.29 is 14.3 Å². The predicted molar refractivity (Wildman–Crippen MR) is 129 cm³/mol. The van der Waals surface area contributed by atoms with Crippen LogP contribution in [-0.2, 0) is 14.3 Å². The Bertz CT molecular complexity index is 593. The summed E-state index contributed by atoms with van der Waals surface area (Å²) in [6, 6.07) is 0. The van der Waals surface area contributed by atoms with Crippen molar-refractivity contribution in [1.29, 1.82) is 0 Å². The van der Waals surface area contributed by atoms with E-state index in [-0.39, 0.29) is 11.4 Å². The fourth-order valence-corrected chi connectivity index (χ4v) is 6.64. The third-order valence-electron chi connectivity index (χ3n) is 8.17. The van der Waals surface area contributed by atoms with Gasteiger partial charge in [-0.3, -0.25) is 4.79 Å². The molecule has 0 aromatic carbocycles. The number of allylic oxidation sites excluding steroid dienone is 1. The summed E-state index contributed by atoms with van der Waals surface area (Å²) in [4.78, 5) is 24.3. The lowest BCUT2D eigenvalue weighted by molar-refractivity contribution is -0.137. The SMILES string of the molecule is CCOC(=O)/C=C/CCCCC[C@H]1CC(=O)[C@@H]2CC[C@H]([C@H](C)CCCC(C)C)[C@@]2(C)C1. The van der Waals surface area contributed by atoms with Gasteiger partial charge >= 0.3 is 5.97 Å². The number of carbonyl (C=O) groups excluding carboxylic acids is 2. The molecule has 0 unspecified atom stereocenters. The van der Waals surface area contributed by atoms with Crippen LogP contribution in [-0.4, -0.2) is 18.4 Å². The summed E-state index contributed by atoms with van der Waals surface area (Å²) in [5.74, 6) is 3.49. The molecule has 178 valence electrons. The molecule has 0 amide bonds. The standard InChI is InChI=1S/C28H48O3/c1-6-31-27(30)16-11-9-7-8-10-15-23-19-26(29)25-18-17-24(28(25,5)20-23)22(4)14-12-13-21(2)3/h11,16,21-25H,6-10,12-15,17-20H2,1-5H3/b16-11+/t22-,23+,24-,25+,28-/m1/s1. The Labute approximate surface area is 191 Å². The largest absolute Gasteiger partial charge is 0.463 e. The summed E-state index contributed by atoms with van der Waals surface area (Å²) in [6.45, 7) is 11.8. The van der Waals surface area contributed by atoms with Gasteiger partial charge in [0.15, 0.2) is 0 Å². The minimum absolute atomic E-state index is 0.236. The monoisotopic (exact) mass is 432 g/mol. The van der Waals surface area contributed by atoms with Gasteiger partial charge in [-0.1, -0.05) is 72.3 Å². The molecule has 2 aliphatic rings. The van der Waals surface area contributed by atoms with Gasteiger partial charge in [0.25, 0.3) is 0 Å². The van der Waals surface area contributed by atoms with Gasteiger partial charge in [-0.25, -0.2) is 4.79 Å². The molecule has 31 heavy (non-hydrogen) atoms. The summed E-state index contributed by atoms with van der Waals surface area (Å²) in [6.07, 6.45) is 17.5. The predicted octanol–water partition coefficient (Wildman–Crippen LogP) is 7.53. The summed E-state index contributed by atoms with van der Waals surface area (Å²) >= 11 is 0. The van der Waals surface area contributed by atoms with Crippen molar-refractivity contribution in [3.8, 4) is 0 Å². The van der Waals surface area contributed by atoms with E-state index in [2.05, 4.69) is 27.7 Å². The average molecular weight is 433 g/mol. The first-order chi connectivity index (χ1) is 14.8. The maximum atomic E-state index is 13.0. The third kappa shape index (κ3) is 7.75. The van der Waals surface area contributed by atoms with Gasteiger partial charge in [0, 0.05) is 18.4 Å². The number of hydrogen-bond acceptors (Lipinski definition) is 3. The molecule has 0 radical (unpaired) electrons. The molecule has 2 fully saturated rings. The Kier molecular flexibility index (Phi) is 10.8. The molecule has 0 aliphatic heterocycles. The minimum atomic E-state index is -0.240. The van der Waals surface area contributed by atoms with Crippen LogP contribution in [0.2, 0.25) is 0 Å². The first-order valence-corrected chi connectivity index (χ1v) is 13.1. The molecule has 0 heterocycles. The number of hydrogen-bond donors (Lipinski definition) is 0. The quantitative estimate of drug-likeness (QED) is 0.172. The first kappa shape index (κ1) is 26.1. The summed E-state index contributed by atoms with van der Waals surface area (Å²) in [5, 5.41) is 0. The van der Waals surface area contributed by atoms with Gasteiger partial charge in [0.2, 0.25) is 0 Å². The lowest BCUT2D eigenvalue weighted by Crippen LogP contribution is -2.42. The number of Topliss-reactive ketones (excluding diaryl/α,β-unsaturated/α-hetero) is 1. The van der Waals surface area contributed by atoms with E-state index >= 15 is 0 Å². The Morgan fingerprint density at radius 2 is 1.90 bits per heavy atom. The Balaban J connectivity index is 1.78. The molecule has 0 aromatic heterocycles. The highest BCUT2D eigenvalue weighted by Crippen LogP contribution is 2.58. The zero-order chi connectivity index (χ0) is 22.9. The molecule has 2 aliphatic carbocycles. The molecule has 0 saturated heterocycles. The highest BCUT2D eigenvalue weighted by molar-refractivity contribution is 5.83. The molecule has 2 rings (SSSR count). The Morgan fingerprint density at radius 1 is 1.13 bits per heavy atom. The van der Waals surface area contributed by atoms with Gasteiger partial charge in [0.1, 0.15) is 5.78 Å². The van der Waals surface area contributed by atoms with Crippen LogP contribution in [0, 0.1) is 35.0 Å². The van der Waals surface area contributed by atoms with E-state index in [1.807, 2.05) is 13.0 Å². The molecular weight excluding hydrogens is 384 g/mol. The lowest BCUT2D eigenvalue weighted by Gasteiger charge is -2.45. The molecule has 0 N–H and O–H groups in total. The Hall–Kier alpha value is -1.12. The highest BCUT2D eigenvalue weighted by atomic mass is 16.5. The van der Waals surface area contributed by atoms with Crippen molar-refractivity contribution in [3.05, 3.63) is 12.2 Å². The number of ketones is 1. The topological polar surface area (TPSA) is 43.4 Å². The number of rotatable bonds is 13. The van der Waals surface area contributed by atoms with Crippen LogP contribution in [0.5, 0.6) is 0 Å². The minimum Gasteiger partial charge on any atom is -0.463 e. The number of unbranched alkanes of at least 4 members (excludes halogenated alkanes) is 3. The zero-order valence-electron chi connectivity index (χ0n) is 21.0. The van der Waals surface area contributed by atoms with Crippen LogP contribution in [0.4, 0.5) is 0 Å². The molecule has 0 bridgehead atoms. The fourth-order valence-electron chi connectivity index (χ4n) is 6.64. The van der Waals surface area contributed by atoms with E-state index in [1.54, 1.807) is 6.08 Å².